The molecule has 0 saturated heterocycles. The lowest BCUT2D eigenvalue weighted by Crippen LogP contribution is -2.19. The fourth-order valence-electron chi connectivity index (χ4n) is 1.10. The summed E-state index contributed by atoms with van der Waals surface area (Å²) in [4.78, 5) is 11.2. The van der Waals surface area contributed by atoms with Crippen LogP contribution in [0.2, 0.25) is 0 Å². The van der Waals surface area contributed by atoms with Crippen molar-refractivity contribution < 1.29 is 4.79 Å². The van der Waals surface area contributed by atoms with E-state index in [1.54, 1.807) is 7.05 Å². The van der Waals surface area contributed by atoms with Crippen molar-refractivity contribution in [3.05, 3.63) is 11.4 Å². The summed E-state index contributed by atoms with van der Waals surface area (Å²) in [7, 11) is 1.55. The first-order chi connectivity index (χ1) is 6.07. The van der Waals surface area contributed by atoms with Crippen LogP contribution in [0.1, 0.15) is 35.9 Å². The van der Waals surface area contributed by atoms with Gasteiger partial charge in [-0.05, 0) is 5.92 Å². The molecular weight excluding hydrogens is 168 g/mol. The molecular formula is C8H14N4O. The molecule has 1 rings (SSSR count). The summed E-state index contributed by atoms with van der Waals surface area (Å²) < 4.78 is 0. The smallest absolute Gasteiger partial charge is 0.273 e. The molecule has 5 nitrogen and oxygen atoms in total. The summed E-state index contributed by atoms with van der Waals surface area (Å²) in [5.74, 6) is -0.0217. The van der Waals surface area contributed by atoms with Gasteiger partial charge in [0, 0.05) is 7.05 Å². The largest absolute Gasteiger partial charge is 0.395 e. The van der Waals surface area contributed by atoms with Crippen LogP contribution in [0.4, 0.5) is 5.69 Å². The molecule has 0 bridgehead atoms. The van der Waals surface area contributed by atoms with Crippen molar-refractivity contribution in [1.82, 2.24) is 15.5 Å². The molecule has 72 valence electrons. The summed E-state index contributed by atoms with van der Waals surface area (Å²) in [6.45, 7) is 3.97. The van der Waals surface area contributed by atoms with Crippen molar-refractivity contribution in [2.24, 2.45) is 0 Å². The average Bonchev–Trinajstić information content (AvgIpc) is 2.46. The molecule has 0 aliphatic carbocycles. The van der Waals surface area contributed by atoms with Crippen LogP contribution in [0.5, 0.6) is 0 Å². The van der Waals surface area contributed by atoms with Gasteiger partial charge in [-0.1, -0.05) is 13.8 Å². The monoisotopic (exact) mass is 182 g/mol. The number of nitrogen functional groups attached to an aromatic ring is 1. The number of nitrogens with two attached hydrogens (primary N) is 1. The number of anilines is 1. The molecule has 1 heterocycles. The predicted octanol–water partition coefficient (Wildman–Crippen LogP) is 0.475. The first-order valence-electron chi connectivity index (χ1n) is 4.13. The molecule has 0 unspecified atom stereocenters. The second kappa shape index (κ2) is 3.47. The molecule has 1 aromatic heterocycles. The van der Waals surface area contributed by atoms with Crippen molar-refractivity contribution in [2.45, 2.75) is 19.8 Å². The number of H-pyrrole nitrogens is 1. The third-order valence-corrected chi connectivity index (χ3v) is 1.85. The van der Waals surface area contributed by atoms with Crippen molar-refractivity contribution in [3.8, 4) is 0 Å². The topological polar surface area (TPSA) is 83.8 Å². The van der Waals surface area contributed by atoms with Crippen molar-refractivity contribution >= 4 is 11.6 Å². The van der Waals surface area contributed by atoms with Gasteiger partial charge in [0.05, 0.1) is 11.4 Å². The number of aromatic nitrogens is 2. The number of hydrogen-bond donors (Lipinski definition) is 3. The van der Waals surface area contributed by atoms with Crippen molar-refractivity contribution in [2.75, 3.05) is 12.8 Å². The molecule has 0 fully saturated rings. The van der Waals surface area contributed by atoms with Crippen LogP contribution in [-0.2, 0) is 0 Å². The maximum absolute atomic E-state index is 11.2. The van der Waals surface area contributed by atoms with E-state index in [-0.39, 0.29) is 17.5 Å². The van der Waals surface area contributed by atoms with Crippen LogP contribution in [0, 0.1) is 0 Å². The summed E-state index contributed by atoms with van der Waals surface area (Å²) in [5.41, 5.74) is 7.24. The van der Waals surface area contributed by atoms with Gasteiger partial charge in [-0.25, -0.2) is 0 Å². The normalized spacial score (nSPS) is 10.5. The number of hydrogen-bond acceptors (Lipinski definition) is 3. The molecule has 5 heteroatoms. The van der Waals surface area contributed by atoms with Crippen LogP contribution in [0.15, 0.2) is 0 Å². The maximum atomic E-state index is 11.2. The quantitative estimate of drug-likeness (QED) is 0.621. The number of nitrogens with one attached hydrogen (secondary N) is 2. The second-order valence-electron chi connectivity index (χ2n) is 3.13. The van der Waals surface area contributed by atoms with Crippen LogP contribution in [0.25, 0.3) is 0 Å². The second-order valence-corrected chi connectivity index (χ2v) is 3.13. The highest BCUT2D eigenvalue weighted by Gasteiger charge is 2.17. The van der Waals surface area contributed by atoms with Gasteiger partial charge in [0.2, 0.25) is 0 Å². The highest BCUT2D eigenvalue weighted by atomic mass is 16.1. The Hall–Kier alpha value is -1.52. The molecule has 0 atom stereocenters. The van der Waals surface area contributed by atoms with Gasteiger partial charge in [0.1, 0.15) is 0 Å². The zero-order chi connectivity index (χ0) is 10.0. The van der Waals surface area contributed by atoms with Crippen molar-refractivity contribution in [1.29, 1.82) is 0 Å². The van der Waals surface area contributed by atoms with E-state index in [0.717, 1.165) is 5.69 Å². The number of amides is 1. The Labute approximate surface area is 76.7 Å². The van der Waals surface area contributed by atoms with Gasteiger partial charge >= 0.3 is 0 Å². The van der Waals surface area contributed by atoms with Crippen LogP contribution in [0.3, 0.4) is 0 Å². The van der Waals surface area contributed by atoms with Gasteiger partial charge < -0.3 is 11.1 Å². The van der Waals surface area contributed by atoms with Gasteiger partial charge in [-0.3, -0.25) is 9.89 Å². The van der Waals surface area contributed by atoms with Gasteiger partial charge in [-0.15, -0.1) is 0 Å². The zero-order valence-corrected chi connectivity index (χ0v) is 8.01. The van der Waals surface area contributed by atoms with E-state index in [9.17, 15) is 4.79 Å². The van der Waals surface area contributed by atoms with Crippen LogP contribution < -0.4 is 11.1 Å². The summed E-state index contributed by atoms with van der Waals surface area (Å²) in [5, 5.41) is 9.07. The molecule has 1 aromatic rings. The fraction of sp³-hybridized carbons (Fsp3) is 0.500. The number of rotatable bonds is 2. The maximum Gasteiger partial charge on any atom is 0.273 e. The standard InChI is InChI=1S/C8H14N4O/c1-4(2)6-5(9)7(12-11-6)8(13)10-3/h4H,9H2,1-3H3,(H,10,13)(H,11,12). The number of nitrogens with zero attached hydrogens (tertiary/aromatic N) is 1. The van der Waals surface area contributed by atoms with E-state index < -0.39 is 0 Å². The van der Waals surface area contributed by atoms with E-state index in [0.29, 0.717) is 5.69 Å². The fourth-order valence-corrected chi connectivity index (χ4v) is 1.10. The van der Waals surface area contributed by atoms with E-state index in [1.807, 2.05) is 13.8 Å². The Bertz CT molecular complexity index is 316. The highest BCUT2D eigenvalue weighted by Crippen LogP contribution is 2.21. The molecule has 13 heavy (non-hydrogen) atoms. The number of carbonyl (C=O) groups excluding carboxylic acids is 1. The van der Waals surface area contributed by atoms with E-state index in [4.69, 9.17) is 5.73 Å². The SMILES string of the molecule is CNC(=O)c1n[nH]c(C(C)C)c1N. The van der Waals surface area contributed by atoms with Gasteiger partial charge in [0.25, 0.3) is 5.91 Å². The molecule has 0 radical (unpaired) electrons. The first kappa shape index (κ1) is 9.57. The highest BCUT2D eigenvalue weighted by molar-refractivity contribution is 5.97. The molecule has 4 N–H and O–H groups in total. The van der Waals surface area contributed by atoms with E-state index >= 15 is 0 Å². The molecule has 0 saturated carbocycles. The van der Waals surface area contributed by atoms with Crippen LogP contribution >= 0.6 is 0 Å². The Morgan fingerprint density at radius 2 is 2.23 bits per heavy atom. The predicted molar refractivity (Wildman–Crippen MR) is 50.5 cm³/mol. The molecule has 0 aliphatic rings. The van der Waals surface area contributed by atoms with E-state index in [1.165, 1.54) is 0 Å². The third kappa shape index (κ3) is 1.63. The third-order valence-electron chi connectivity index (χ3n) is 1.85. The van der Waals surface area contributed by atoms with Gasteiger partial charge in [0.15, 0.2) is 5.69 Å². The molecule has 0 aliphatic heterocycles. The lowest BCUT2D eigenvalue weighted by atomic mass is 10.1. The Balaban J connectivity index is 3.06. The zero-order valence-electron chi connectivity index (χ0n) is 8.01. The minimum atomic E-state index is -0.263. The Kier molecular flexibility index (Phi) is 2.55. The lowest BCUT2D eigenvalue weighted by molar-refractivity contribution is 0.0959. The van der Waals surface area contributed by atoms with Crippen molar-refractivity contribution in [3.63, 3.8) is 0 Å². The summed E-state index contributed by atoms with van der Waals surface area (Å²) >= 11 is 0. The summed E-state index contributed by atoms with van der Waals surface area (Å²) in [6.07, 6.45) is 0. The minimum Gasteiger partial charge on any atom is -0.395 e. The first-order valence-corrected chi connectivity index (χ1v) is 4.13. The number of aromatic amines is 1. The average molecular weight is 182 g/mol. The Morgan fingerprint density at radius 3 is 2.62 bits per heavy atom. The molecule has 0 spiro atoms. The minimum absolute atomic E-state index is 0.242. The van der Waals surface area contributed by atoms with Gasteiger partial charge in [-0.2, -0.15) is 5.10 Å². The Morgan fingerprint density at radius 1 is 1.62 bits per heavy atom. The molecule has 0 aromatic carbocycles. The lowest BCUT2D eigenvalue weighted by Gasteiger charge is -2.01. The number of carbonyl (C=O) groups is 1. The van der Waals surface area contributed by atoms with E-state index in [2.05, 4.69) is 15.5 Å². The van der Waals surface area contributed by atoms with Crippen LogP contribution in [-0.4, -0.2) is 23.2 Å². The molecule has 1 amide bonds. The summed E-state index contributed by atoms with van der Waals surface area (Å²) in [6, 6.07) is 0.